The average molecular weight is 431 g/mol. The van der Waals surface area contributed by atoms with Gasteiger partial charge in [-0.3, -0.25) is 19.2 Å². The zero-order valence-corrected chi connectivity index (χ0v) is 17.8. The number of amides is 3. The molecule has 0 bridgehead atoms. The van der Waals surface area contributed by atoms with Crippen LogP contribution >= 0.6 is 0 Å². The van der Waals surface area contributed by atoms with E-state index in [1.807, 2.05) is 30.3 Å². The van der Waals surface area contributed by atoms with Crippen LogP contribution in [0.3, 0.4) is 0 Å². The van der Waals surface area contributed by atoms with Gasteiger partial charge in [-0.25, -0.2) is 0 Å². The molecule has 2 aliphatic rings. The maximum atomic E-state index is 12.8. The van der Waals surface area contributed by atoms with Gasteiger partial charge in [0.05, 0.1) is 19.2 Å². The average Bonchev–Trinajstić information content (AvgIpc) is 3.27. The summed E-state index contributed by atoms with van der Waals surface area (Å²) in [6.07, 6.45) is 1.23. The van der Waals surface area contributed by atoms with E-state index in [0.29, 0.717) is 26.1 Å². The van der Waals surface area contributed by atoms with E-state index in [2.05, 4.69) is 16.0 Å². The number of epoxide rings is 1. The van der Waals surface area contributed by atoms with Crippen LogP contribution in [0.5, 0.6) is 0 Å². The maximum absolute atomic E-state index is 12.8. The lowest BCUT2D eigenvalue weighted by Gasteiger charge is -2.20. The van der Waals surface area contributed by atoms with Gasteiger partial charge in [-0.1, -0.05) is 30.3 Å². The van der Waals surface area contributed by atoms with Crippen molar-refractivity contribution in [3.8, 4) is 0 Å². The van der Waals surface area contributed by atoms with Crippen LogP contribution in [0, 0.1) is 0 Å². The Morgan fingerprint density at radius 3 is 2.48 bits per heavy atom. The number of carbonyl (C=O) groups is 4. The molecule has 2 fully saturated rings. The van der Waals surface area contributed by atoms with Gasteiger partial charge in [-0.15, -0.1) is 0 Å². The van der Waals surface area contributed by atoms with Gasteiger partial charge in [0.25, 0.3) is 0 Å². The first-order valence-corrected chi connectivity index (χ1v) is 10.5. The molecule has 3 unspecified atom stereocenters. The summed E-state index contributed by atoms with van der Waals surface area (Å²) in [4.78, 5) is 49.5. The number of hydrogen-bond donors (Lipinski definition) is 3. The quantitative estimate of drug-likeness (QED) is 0.443. The van der Waals surface area contributed by atoms with Gasteiger partial charge in [0, 0.05) is 6.61 Å². The highest BCUT2D eigenvalue weighted by Gasteiger charge is 2.50. The van der Waals surface area contributed by atoms with Gasteiger partial charge >= 0.3 is 0 Å². The summed E-state index contributed by atoms with van der Waals surface area (Å²) >= 11 is 0. The second kappa shape index (κ2) is 10.0. The predicted octanol–water partition coefficient (Wildman–Crippen LogP) is -0.128. The molecule has 2 heterocycles. The fourth-order valence-electron chi connectivity index (χ4n) is 3.40. The second-order valence-electron chi connectivity index (χ2n) is 8.14. The molecule has 1 aromatic carbocycles. The highest BCUT2D eigenvalue weighted by atomic mass is 16.6. The van der Waals surface area contributed by atoms with E-state index in [1.54, 1.807) is 6.92 Å². The van der Waals surface area contributed by atoms with E-state index in [-0.39, 0.29) is 18.2 Å². The van der Waals surface area contributed by atoms with Crippen molar-refractivity contribution in [1.82, 2.24) is 16.0 Å². The molecular weight excluding hydrogens is 402 g/mol. The lowest BCUT2D eigenvalue weighted by Crippen LogP contribution is -2.52. The van der Waals surface area contributed by atoms with Crippen LogP contribution in [0.2, 0.25) is 0 Å². The summed E-state index contributed by atoms with van der Waals surface area (Å²) in [6.45, 7) is 3.78. The van der Waals surface area contributed by atoms with Crippen LogP contribution in [0.15, 0.2) is 30.3 Å². The maximum Gasteiger partial charge on any atom is 0.249 e. The topological polar surface area (TPSA) is 126 Å². The fraction of sp³-hybridized carbons (Fsp3) is 0.545. The summed E-state index contributed by atoms with van der Waals surface area (Å²) < 4.78 is 10.5. The molecule has 0 aromatic heterocycles. The third-order valence-corrected chi connectivity index (χ3v) is 5.43. The molecule has 3 amide bonds. The first-order valence-electron chi connectivity index (χ1n) is 10.5. The largest absolute Gasteiger partial charge is 0.368 e. The van der Waals surface area contributed by atoms with Crippen molar-refractivity contribution >= 4 is 23.5 Å². The Balaban J connectivity index is 1.49. The van der Waals surface area contributed by atoms with E-state index < -0.39 is 35.6 Å². The molecule has 9 heteroatoms. The Morgan fingerprint density at radius 1 is 1.16 bits per heavy atom. The van der Waals surface area contributed by atoms with E-state index in [0.717, 1.165) is 12.0 Å². The number of benzene rings is 1. The van der Waals surface area contributed by atoms with Crippen LogP contribution in [0.1, 0.15) is 32.3 Å². The number of ketones is 1. The van der Waals surface area contributed by atoms with E-state index in [4.69, 9.17) is 9.47 Å². The summed E-state index contributed by atoms with van der Waals surface area (Å²) in [7, 11) is 0. The summed E-state index contributed by atoms with van der Waals surface area (Å²) in [6, 6.07) is 7.77. The lowest BCUT2D eigenvalue weighted by atomic mass is 9.95. The molecule has 0 saturated carbocycles. The van der Waals surface area contributed by atoms with Crippen LogP contribution in [-0.2, 0) is 35.1 Å². The van der Waals surface area contributed by atoms with E-state index in [9.17, 15) is 19.2 Å². The molecule has 0 aliphatic carbocycles. The highest BCUT2D eigenvalue weighted by molar-refractivity contribution is 5.97. The van der Waals surface area contributed by atoms with Crippen LogP contribution in [0.25, 0.3) is 0 Å². The number of ether oxygens (including phenoxy) is 2. The van der Waals surface area contributed by atoms with Crippen molar-refractivity contribution in [3.63, 3.8) is 0 Å². The smallest absolute Gasteiger partial charge is 0.249 e. The molecular formula is C22H29N3O6. The number of rotatable bonds is 10. The molecule has 3 N–H and O–H groups in total. The third kappa shape index (κ3) is 6.35. The Bertz CT molecular complexity index is 818. The highest BCUT2D eigenvalue weighted by Crippen LogP contribution is 2.29. The second-order valence-corrected chi connectivity index (χ2v) is 8.14. The van der Waals surface area contributed by atoms with E-state index in [1.165, 1.54) is 6.92 Å². The number of nitrogens with one attached hydrogen (secondary N) is 3. The molecule has 0 spiro atoms. The third-order valence-electron chi connectivity index (χ3n) is 5.43. The van der Waals surface area contributed by atoms with Crippen molar-refractivity contribution in [3.05, 3.63) is 35.9 Å². The predicted molar refractivity (Wildman–Crippen MR) is 111 cm³/mol. The Kier molecular flexibility index (Phi) is 7.40. The van der Waals surface area contributed by atoms with Gasteiger partial charge in [-0.2, -0.15) is 0 Å². The Labute approximate surface area is 181 Å². The molecule has 2 saturated heterocycles. The SMILES string of the molecule is CC(NC(=O)C1CCCO1)C(=O)NCC(=O)NC(Cc1ccccc1)C(=O)[C@@]1(C)CO1. The van der Waals surface area contributed by atoms with E-state index >= 15 is 0 Å². The van der Waals surface area contributed by atoms with Crippen molar-refractivity contribution < 1.29 is 28.7 Å². The molecule has 2 aliphatic heterocycles. The number of Topliss-reactive ketones (excluding diaryl/α,β-unsaturated/α-hetero) is 1. The molecule has 3 rings (SSSR count). The zero-order chi connectivity index (χ0) is 22.4. The Hall–Kier alpha value is -2.78. The monoisotopic (exact) mass is 431 g/mol. The zero-order valence-electron chi connectivity index (χ0n) is 17.8. The van der Waals surface area contributed by atoms with Gasteiger partial charge in [-0.05, 0) is 38.7 Å². The molecule has 1 aromatic rings. The van der Waals surface area contributed by atoms with Crippen LogP contribution in [-0.4, -0.2) is 67.1 Å². The van der Waals surface area contributed by atoms with Crippen molar-refractivity contribution in [2.45, 2.75) is 56.9 Å². The summed E-state index contributed by atoms with van der Waals surface area (Å²) in [5, 5.41) is 7.78. The fourth-order valence-corrected chi connectivity index (χ4v) is 3.40. The molecule has 4 atom stereocenters. The van der Waals surface area contributed by atoms with Crippen molar-refractivity contribution in [2.75, 3.05) is 19.8 Å². The van der Waals surface area contributed by atoms with Gasteiger partial charge in [0.1, 0.15) is 17.7 Å². The van der Waals surface area contributed by atoms with Crippen molar-refractivity contribution in [2.24, 2.45) is 0 Å². The summed E-state index contributed by atoms with van der Waals surface area (Å²) in [5.74, 6) is -1.53. The Morgan fingerprint density at radius 2 is 1.87 bits per heavy atom. The summed E-state index contributed by atoms with van der Waals surface area (Å²) in [5.41, 5.74) is 0.0248. The first kappa shape index (κ1) is 22.9. The molecule has 9 nitrogen and oxygen atoms in total. The molecule has 31 heavy (non-hydrogen) atoms. The van der Waals surface area contributed by atoms with Gasteiger partial charge in [0.2, 0.25) is 17.7 Å². The number of carbonyl (C=O) groups excluding carboxylic acids is 4. The van der Waals surface area contributed by atoms with Crippen LogP contribution in [0.4, 0.5) is 0 Å². The number of hydrogen-bond acceptors (Lipinski definition) is 6. The first-order chi connectivity index (χ1) is 14.8. The van der Waals surface area contributed by atoms with Gasteiger partial charge in [0.15, 0.2) is 5.78 Å². The minimum absolute atomic E-state index is 0.201. The van der Waals surface area contributed by atoms with Crippen molar-refractivity contribution in [1.29, 1.82) is 0 Å². The van der Waals surface area contributed by atoms with Crippen LogP contribution < -0.4 is 16.0 Å². The molecule has 0 radical (unpaired) electrons. The lowest BCUT2D eigenvalue weighted by molar-refractivity contribution is -0.134. The normalized spacial score (nSPS) is 24.0. The molecule has 168 valence electrons. The van der Waals surface area contributed by atoms with Gasteiger partial charge < -0.3 is 25.4 Å². The standard InChI is InChI=1S/C22H29N3O6/c1-14(24-21(29)17-9-6-10-30-17)20(28)23-12-18(26)25-16(19(27)22(2)13-31-22)11-15-7-4-3-5-8-15/h3-5,7-8,14,16-17H,6,9-13H2,1-2H3,(H,23,28)(H,24,29)(H,25,26)/t14?,16?,17?,22-/m1/s1. The minimum atomic E-state index is -0.878. The minimum Gasteiger partial charge on any atom is -0.368 e.